The van der Waals surface area contributed by atoms with Crippen molar-refractivity contribution >= 4 is 28.4 Å². The molecular formula is C24H21N5O2. The first kappa shape index (κ1) is 21.4. The molecule has 7 nitrogen and oxygen atoms in total. The number of rotatable bonds is 6. The van der Waals surface area contributed by atoms with Crippen LogP contribution in [0.15, 0.2) is 66.7 Å². The van der Waals surface area contributed by atoms with Crippen LogP contribution in [0.2, 0.25) is 0 Å². The molecule has 0 aliphatic rings. The Morgan fingerprint density at radius 1 is 1.00 bits per heavy atom. The molecule has 0 saturated heterocycles. The molecule has 3 aromatic rings. The lowest BCUT2D eigenvalue weighted by atomic mass is 10.0. The lowest BCUT2D eigenvalue weighted by molar-refractivity contribution is -0.129. The van der Waals surface area contributed by atoms with Gasteiger partial charge in [0.1, 0.15) is 6.04 Å². The molecule has 1 atom stereocenters. The maximum absolute atomic E-state index is 12.9. The number of nitriles is 2. The number of urea groups is 1. The number of benzene rings is 3. The minimum Gasteiger partial charge on any atom is -0.326 e. The van der Waals surface area contributed by atoms with E-state index in [1.54, 1.807) is 31.2 Å². The third-order valence-corrected chi connectivity index (χ3v) is 4.83. The number of hydrogen-bond acceptors (Lipinski definition) is 4. The predicted octanol–water partition coefficient (Wildman–Crippen LogP) is 3.77. The zero-order valence-corrected chi connectivity index (χ0v) is 17.0. The Morgan fingerprint density at radius 2 is 1.71 bits per heavy atom. The fourth-order valence-electron chi connectivity index (χ4n) is 3.22. The number of likely N-dealkylation sites (N-methyl/N-ethyl adjacent to an activating group) is 1. The van der Waals surface area contributed by atoms with Crippen LogP contribution in [0.4, 0.5) is 10.5 Å². The molecule has 3 aromatic carbocycles. The second kappa shape index (κ2) is 9.91. The molecule has 7 heteroatoms. The normalized spacial score (nSPS) is 11.1. The van der Waals surface area contributed by atoms with E-state index in [0.717, 1.165) is 21.2 Å². The molecule has 0 bridgehead atoms. The number of anilines is 1. The lowest BCUT2D eigenvalue weighted by Gasteiger charge is -2.22. The van der Waals surface area contributed by atoms with E-state index in [2.05, 4.69) is 10.6 Å². The molecule has 0 aliphatic heterocycles. The average molecular weight is 411 g/mol. The van der Waals surface area contributed by atoms with E-state index >= 15 is 0 Å². The number of carbonyl (C=O) groups is 2. The van der Waals surface area contributed by atoms with Gasteiger partial charge in [0.2, 0.25) is 0 Å². The molecule has 31 heavy (non-hydrogen) atoms. The summed E-state index contributed by atoms with van der Waals surface area (Å²) in [4.78, 5) is 26.4. The van der Waals surface area contributed by atoms with Crippen LogP contribution in [0, 0.1) is 22.8 Å². The Labute approximate surface area is 180 Å². The number of nitrogens with one attached hydrogen (secondary N) is 2. The quantitative estimate of drug-likeness (QED) is 0.475. The standard InChI is InChI=1S/C24H21N5O2/c1-2-29(16-26)23(30)22(14-18-7-10-19-5-3-4-6-20(19)13-18)28-24(31)27-21-11-8-17(15-25)9-12-21/h3-13,22H,2,14H2,1H3,(H2,27,28,31). The van der Waals surface area contributed by atoms with Gasteiger partial charge in [0, 0.05) is 18.7 Å². The van der Waals surface area contributed by atoms with Crippen LogP contribution in [-0.2, 0) is 11.2 Å². The zero-order valence-electron chi connectivity index (χ0n) is 17.0. The molecule has 0 aromatic heterocycles. The van der Waals surface area contributed by atoms with Crippen LogP contribution in [0.5, 0.6) is 0 Å². The Morgan fingerprint density at radius 3 is 2.35 bits per heavy atom. The van der Waals surface area contributed by atoms with Gasteiger partial charge in [-0.1, -0.05) is 42.5 Å². The Bertz CT molecular complexity index is 1180. The highest BCUT2D eigenvalue weighted by Gasteiger charge is 2.26. The molecule has 0 heterocycles. The largest absolute Gasteiger partial charge is 0.326 e. The van der Waals surface area contributed by atoms with Crippen molar-refractivity contribution in [1.29, 1.82) is 10.5 Å². The highest BCUT2D eigenvalue weighted by molar-refractivity contribution is 5.94. The highest BCUT2D eigenvalue weighted by Crippen LogP contribution is 2.17. The summed E-state index contributed by atoms with van der Waals surface area (Å²) in [5.41, 5.74) is 1.83. The van der Waals surface area contributed by atoms with E-state index in [1.807, 2.05) is 54.7 Å². The van der Waals surface area contributed by atoms with E-state index in [0.29, 0.717) is 11.3 Å². The monoisotopic (exact) mass is 411 g/mol. The molecule has 0 aliphatic carbocycles. The van der Waals surface area contributed by atoms with Crippen molar-refractivity contribution in [2.45, 2.75) is 19.4 Å². The van der Waals surface area contributed by atoms with Gasteiger partial charge < -0.3 is 10.6 Å². The van der Waals surface area contributed by atoms with Crippen LogP contribution in [0.3, 0.4) is 0 Å². The summed E-state index contributed by atoms with van der Waals surface area (Å²) in [5.74, 6) is -0.479. The summed E-state index contributed by atoms with van der Waals surface area (Å²) in [6, 6.07) is 20.6. The third kappa shape index (κ3) is 5.37. The van der Waals surface area contributed by atoms with Crippen molar-refractivity contribution in [2.24, 2.45) is 0 Å². The van der Waals surface area contributed by atoms with Crippen molar-refractivity contribution in [3.05, 3.63) is 77.9 Å². The van der Waals surface area contributed by atoms with Crippen molar-refractivity contribution in [2.75, 3.05) is 11.9 Å². The van der Waals surface area contributed by atoms with Crippen LogP contribution in [0.25, 0.3) is 10.8 Å². The van der Waals surface area contributed by atoms with Crippen molar-refractivity contribution in [3.8, 4) is 12.3 Å². The zero-order chi connectivity index (χ0) is 22.2. The first-order valence-corrected chi connectivity index (χ1v) is 9.80. The molecule has 0 spiro atoms. The highest BCUT2D eigenvalue weighted by atomic mass is 16.2. The minimum atomic E-state index is -0.917. The van der Waals surface area contributed by atoms with Crippen LogP contribution >= 0.6 is 0 Å². The molecule has 3 amide bonds. The number of amides is 3. The van der Waals surface area contributed by atoms with Crippen molar-refractivity contribution in [3.63, 3.8) is 0 Å². The maximum Gasteiger partial charge on any atom is 0.319 e. The third-order valence-electron chi connectivity index (χ3n) is 4.83. The summed E-state index contributed by atoms with van der Waals surface area (Å²) in [6.07, 6.45) is 2.10. The van der Waals surface area contributed by atoms with Gasteiger partial charge in [-0.25, -0.2) is 9.69 Å². The first-order chi connectivity index (χ1) is 15.0. The summed E-state index contributed by atoms with van der Waals surface area (Å²) < 4.78 is 0. The van der Waals surface area contributed by atoms with Crippen LogP contribution < -0.4 is 10.6 Å². The maximum atomic E-state index is 12.9. The summed E-state index contributed by atoms with van der Waals surface area (Å²) in [6.45, 7) is 1.91. The minimum absolute atomic E-state index is 0.211. The lowest BCUT2D eigenvalue weighted by Crippen LogP contribution is -2.49. The van der Waals surface area contributed by atoms with Crippen LogP contribution in [0.1, 0.15) is 18.1 Å². The topological polar surface area (TPSA) is 109 Å². The molecular weight excluding hydrogens is 390 g/mol. The number of hydrogen-bond donors (Lipinski definition) is 2. The van der Waals surface area contributed by atoms with E-state index in [1.165, 1.54) is 0 Å². The molecule has 0 saturated carbocycles. The molecule has 0 radical (unpaired) electrons. The van der Waals surface area contributed by atoms with Gasteiger partial charge >= 0.3 is 6.03 Å². The van der Waals surface area contributed by atoms with Gasteiger partial charge in [0.25, 0.3) is 5.91 Å². The fourth-order valence-corrected chi connectivity index (χ4v) is 3.22. The number of carbonyl (C=O) groups excluding carboxylic acids is 2. The number of nitrogens with zero attached hydrogens (tertiary/aromatic N) is 3. The Hall–Kier alpha value is -4.36. The van der Waals surface area contributed by atoms with Gasteiger partial charge in [0.05, 0.1) is 11.6 Å². The second-order valence-corrected chi connectivity index (χ2v) is 6.91. The van der Waals surface area contributed by atoms with Crippen molar-refractivity contribution in [1.82, 2.24) is 10.2 Å². The summed E-state index contributed by atoms with van der Waals surface area (Å²) in [5, 5.41) is 25.6. The van der Waals surface area contributed by atoms with Gasteiger partial charge in [-0.15, -0.1) is 0 Å². The number of fused-ring (bicyclic) bond motifs is 1. The van der Waals surface area contributed by atoms with E-state index < -0.39 is 18.0 Å². The molecule has 0 fully saturated rings. The van der Waals surface area contributed by atoms with E-state index in [4.69, 9.17) is 5.26 Å². The van der Waals surface area contributed by atoms with E-state index in [9.17, 15) is 14.9 Å². The van der Waals surface area contributed by atoms with Gasteiger partial charge in [0.15, 0.2) is 6.19 Å². The Balaban J connectivity index is 1.79. The van der Waals surface area contributed by atoms with Gasteiger partial charge in [-0.05, 0) is 47.5 Å². The van der Waals surface area contributed by atoms with Gasteiger partial charge in [-0.2, -0.15) is 10.5 Å². The predicted molar refractivity (Wildman–Crippen MR) is 118 cm³/mol. The Kier molecular flexibility index (Phi) is 6.82. The first-order valence-electron chi connectivity index (χ1n) is 9.80. The second-order valence-electron chi connectivity index (χ2n) is 6.91. The molecule has 2 N–H and O–H groups in total. The molecule has 1 unspecified atom stereocenters. The van der Waals surface area contributed by atoms with Crippen LogP contribution in [-0.4, -0.2) is 29.4 Å². The summed E-state index contributed by atoms with van der Waals surface area (Å²) in [7, 11) is 0. The summed E-state index contributed by atoms with van der Waals surface area (Å²) >= 11 is 0. The fraction of sp³-hybridized carbons (Fsp3) is 0.167. The smallest absolute Gasteiger partial charge is 0.319 e. The molecule has 154 valence electrons. The molecule has 3 rings (SSSR count). The van der Waals surface area contributed by atoms with Crippen molar-refractivity contribution < 1.29 is 9.59 Å². The average Bonchev–Trinajstić information content (AvgIpc) is 2.79. The van der Waals surface area contributed by atoms with E-state index in [-0.39, 0.29) is 13.0 Å². The SMILES string of the molecule is CCN(C#N)C(=O)C(Cc1ccc2ccccc2c1)NC(=O)Nc1ccc(C#N)cc1. The van der Waals surface area contributed by atoms with Gasteiger partial charge in [-0.3, -0.25) is 4.79 Å².